The summed E-state index contributed by atoms with van der Waals surface area (Å²) < 4.78 is 31.7. The number of carbonyl (C=O) groups is 2. The highest BCUT2D eigenvalue weighted by Crippen LogP contribution is 2.42. The van der Waals surface area contributed by atoms with E-state index in [4.69, 9.17) is 23.4 Å². The summed E-state index contributed by atoms with van der Waals surface area (Å²) in [5, 5.41) is 12.8. The molecule has 364 valence electrons. The average Bonchev–Trinajstić information content (AvgIpc) is 3.31. The van der Waals surface area contributed by atoms with Gasteiger partial charge in [-0.3, -0.25) is 9.69 Å². The van der Waals surface area contributed by atoms with Gasteiger partial charge in [-0.2, -0.15) is 0 Å². The number of esters is 1. The molecule has 3 aliphatic rings. The van der Waals surface area contributed by atoms with Gasteiger partial charge in [0.25, 0.3) is 0 Å². The normalized spacial score (nSPS) is 18.6. The van der Waals surface area contributed by atoms with Gasteiger partial charge in [0.05, 0.1) is 24.8 Å². The van der Waals surface area contributed by atoms with Gasteiger partial charge >= 0.3 is 12.1 Å². The molecule has 8 rings (SSSR count). The molecule has 1 unspecified atom stereocenters. The number of amides is 1. The zero-order chi connectivity index (χ0) is 48.7. The molecule has 13 heteroatoms. The Balaban J connectivity index is 1.03. The van der Waals surface area contributed by atoms with Crippen molar-refractivity contribution in [3.05, 3.63) is 142 Å². The molecule has 0 saturated carbocycles. The fraction of sp³-hybridized carbons (Fsp3) is 0.473. The van der Waals surface area contributed by atoms with Crippen LogP contribution in [0.5, 0.6) is 11.5 Å². The smallest absolute Gasteiger partial charge is 0.410 e. The number of nitrogens with one attached hydrogen (secondary N) is 1. The number of H-pyrrole nitrogens is 1. The Bertz CT molecular complexity index is 2510. The number of aromatic nitrogens is 1. The standard InChI is InChI=1S/C55H71N3O9Si/c1-53(2,3)66-52(61)58(37-48(67-68(7,8)54(4,5)6)44-26-28-46(50-45(44)27-29-49(59)56-50)64-38-39-18-12-9-13-19-39)32-16-11-17-35-63-43-24-22-42(23-25-43)55(62,41-20-14-10-15-21-41)51(60)65-47-36-57-33-30-40(47)31-34-57/h9-10,12-15,18-29,40,47-48,62H,11,16-17,30-38H2,1-8H3,(H,56,59)/t47-,48-,55?/m0/s1. The van der Waals surface area contributed by atoms with Crippen molar-refractivity contribution in [2.75, 3.05) is 39.3 Å². The number of hydrogen-bond acceptors (Lipinski definition) is 10. The molecule has 12 nitrogen and oxygen atoms in total. The van der Waals surface area contributed by atoms with Crippen molar-refractivity contribution in [2.45, 2.75) is 122 Å². The first-order valence-electron chi connectivity index (χ1n) is 24.2. The lowest BCUT2D eigenvalue weighted by Gasteiger charge is -2.44. The predicted octanol–water partition coefficient (Wildman–Crippen LogP) is 10.5. The summed E-state index contributed by atoms with van der Waals surface area (Å²) in [4.78, 5) is 47.8. The van der Waals surface area contributed by atoms with E-state index in [1.807, 2.05) is 87.5 Å². The molecule has 2 N–H and O–H groups in total. The van der Waals surface area contributed by atoms with Crippen LogP contribution in [0.4, 0.5) is 4.79 Å². The maximum absolute atomic E-state index is 14.1. The van der Waals surface area contributed by atoms with Gasteiger partial charge in [0.15, 0.2) is 8.32 Å². The molecule has 4 heterocycles. The SMILES string of the molecule is CC(C)(C)OC(=O)N(CCCCCOc1ccc(C(O)(C(=O)O[C@H]2CN3CCC2CC3)c2ccccc2)cc1)C[C@H](O[Si](C)(C)C(C)(C)C)c1ccc(OCc2ccccc2)c2[nH]c(=O)ccc12. The van der Waals surface area contributed by atoms with Crippen LogP contribution in [-0.2, 0) is 30.9 Å². The van der Waals surface area contributed by atoms with Crippen LogP contribution < -0.4 is 15.0 Å². The van der Waals surface area contributed by atoms with Gasteiger partial charge in [-0.1, -0.05) is 99.6 Å². The highest BCUT2D eigenvalue weighted by atomic mass is 28.4. The van der Waals surface area contributed by atoms with Gasteiger partial charge in [0.2, 0.25) is 11.2 Å². The van der Waals surface area contributed by atoms with Crippen LogP contribution in [0.2, 0.25) is 18.1 Å². The van der Waals surface area contributed by atoms with Crippen molar-refractivity contribution in [1.29, 1.82) is 0 Å². The van der Waals surface area contributed by atoms with E-state index in [2.05, 4.69) is 43.7 Å². The largest absolute Gasteiger partial charge is 0.494 e. The molecule has 0 radical (unpaired) electrons. The highest BCUT2D eigenvalue weighted by Gasteiger charge is 2.46. The molecule has 3 atom stereocenters. The molecule has 3 saturated heterocycles. The van der Waals surface area contributed by atoms with Gasteiger partial charge < -0.3 is 38.4 Å². The minimum atomic E-state index is -2.44. The summed E-state index contributed by atoms with van der Waals surface area (Å²) in [5.74, 6) is 0.803. The zero-order valence-corrected chi connectivity index (χ0v) is 42.2. The third-order valence-corrected chi connectivity index (χ3v) is 18.2. The summed E-state index contributed by atoms with van der Waals surface area (Å²) >= 11 is 0. The number of benzene rings is 4. The number of ether oxygens (including phenoxy) is 4. The van der Waals surface area contributed by atoms with Crippen LogP contribution >= 0.6 is 0 Å². The second-order valence-corrected chi connectivity index (χ2v) is 25.7. The minimum absolute atomic E-state index is 0.132. The number of piperidine rings is 3. The molecule has 3 aliphatic heterocycles. The van der Waals surface area contributed by atoms with Crippen LogP contribution in [0.25, 0.3) is 10.9 Å². The summed E-state index contributed by atoms with van der Waals surface area (Å²) in [6, 6.07) is 33.0. The second-order valence-electron chi connectivity index (χ2n) is 20.9. The van der Waals surface area contributed by atoms with E-state index in [0.29, 0.717) is 66.8 Å². The van der Waals surface area contributed by atoms with E-state index >= 15 is 0 Å². The fourth-order valence-electron chi connectivity index (χ4n) is 8.81. The van der Waals surface area contributed by atoms with Gasteiger partial charge in [0.1, 0.15) is 29.8 Å². The Morgan fingerprint density at radius 1 is 0.809 bits per heavy atom. The predicted molar refractivity (Wildman–Crippen MR) is 268 cm³/mol. The highest BCUT2D eigenvalue weighted by molar-refractivity contribution is 6.74. The number of rotatable bonds is 19. The van der Waals surface area contributed by atoms with Crippen molar-refractivity contribution in [2.24, 2.45) is 5.92 Å². The van der Waals surface area contributed by atoms with Gasteiger partial charge in [-0.15, -0.1) is 0 Å². The van der Waals surface area contributed by atoms with Crippen molar-refractivity contribution >= 4 is 31.3 Å². The Morgan fingerprint density at radius 2 is 1.47 bits per heavy atom. The molecular weight excluding hydrogens is 875 g/mol. The van der Waals surface area contributed by atoms with E-state index in [1.165, 1.54) is 6.07 Å². The van der Waals surface area contributed by atoms with E-state index in [1.54, 1.807) is 41.3 Å². The van der Waals surface area contributed by atoms with E-state index in [-0.39, 0.29) is 23.2 Å². The third-order valence-electron chi connectivity index (χ3n) is 13.7. The maximum Gasteiger partial charge on any atom is 0.410 e. The number of aromatic amines is 1. The van der Waals surface area contributed by atoms with Crippen molar-refractivity contribution in [3.8, 4) is 11.5 Å². The zero-order valence-electron chi connectivity index (χ0n) is 41.2. The number of hydrogen-bond donors (Lipinski definition) is 2. The van der Waals surface area contributed by atoms with Crippen LogP contribution in [0.15, 0.2) is 114 Å². The number of aliphatic hydroxyl groups is 1. The molecule has 68 heavy (non-hydrogen) atoms. The second kappa shape index (κ2) is 21.4. The topological polar surface area (TPSA) is 140 Å². The quantitative estimate of drug-likeness (QED) is 0.0467. The summed E-state index contributed by atoms with van der Waals surface area (Å²) in [5.41, 5.74) is 0.332. The van der Waals surface area contributed by atoms with Gasteiger partial charge in [-0.05, 0) is 137 Å². The lowest BCUT2D eigenvalue weighted by Crippen LogP contribution is -2.53. The molecule has 1 amide bonds. The Morgan fingerprint density at radius 3 is 2.10 bits per heavy atom. The molecule has 0 spiro atoms. The number of unbranched alkanes of at least 4 members (excludes halogenated alkanes) is 2. The number of fused-ring (bicyclic) bond motifs is 4. The maximum atomic E-state index is 14.1. The third kappa shape index (κ3) is 12.4. The minimum Gasteiger partial charge on any atom is -0.494 e. The molecular formula is C55H71N3O9Si. The molecule has 4 aromatic carbocycles. The van der Waals surface area contributed by atoms with Crippen molar-refractivity contribution in [1.82, 2.24) is 14.8 Å². The number of pyridine rings is 1. The van der Waals surface area contributed by atoms with Crippen LogP contribution in [0.3, 0.4) is 0 Å². The van der Waals surface area contributed by atoms with Crippen molar-refractivity contribution < 1.29 is 38.1 Å². The summed E-state index contributed by atoms with van der Waals surface area (Å²) in [6.07, 6.45) is 2.93. The summed E-state index contributed by atoms with van der Waals surface area (Å²) in [6.45, 7) is 20.7. The lowest BCUT2D eigenvalue weighted by atomic mass is 9.84. The van der Waals surface area contributed by atoms with E-state index in [9.17, 15) is 19.5 Å². The molecule has 3 fully saturated rings. The molecule has 0 aliphatic carbocycles. The van der Waals surface area contributed by atoms with Crippen LogP contribution in [0.1, 0.15) is 102 Å². The molecule has 5 aromatic rings. The Hall–Kier alpha value is -5.47. The van der Waals surface area contributed by atoms with E-state index in [0.717, 1.165) is 55.3 Å². The van der Waals surface area contributed by atoms with Crippen LogP contribution in [-0.4, -0.2) is 91.3 Å². The molecule has 2 bridgehead atoms. The monoisotopic (exact) mass is 945 g/mol. The number of carbonyl (C=O) groups excluding carboxylic acids is 2. The Kier molecular flexibility index (Phi) is 15.9. The average molecular weight is 946 g/mol. The fourth-order valence-corrected chi connectivity index (χ4v) is 10.1. The van der Waals surface area contributed by atoms with Crippen LogP contribution in [0, 0.1) is 5.92 Å². The lowest BCUT2D eigenvalue weighted by molar-refractivity contribution is -0.177. The van der Waals surface area contributed by atoms with E-state index < -0.39 is 37.7 Å². The first-order valence-corrected chi connectivity index (χ1v) is 27.1. The number of nitrogens with zero attached hydrogens (tertiary/aromatic N) is 2. The first-order chi connectivity index (χ1) is 32.3. The van der Waals surface area contributed by atoms with Gasteiger partial charge in [0, 0.05) is 24.5 Å². The van der Waals surface area contributed by atoms with Gasteiger partial charge in [-0.25, -0.2) is 9.59 Å². The van der Waals surface area contributed by atoms with Crippen molar-refractivity contribution in [3.63, 3.8) is 0 Å². The summed E-state index contributed by atoms with van der Waals surface area (Å²) in [7, 11) is -2.44. The Labute approximate surface area is 403 Å². The first kappa shape index (κ1) is 50.4. The molecule has 1 aromatic heterocycles.